The van der Waals surface area contributed by atoms with E-state index in [1.54, 1.807) is 16.4 Å². The Bertz CT molecular complexity index is 906. The molecule has 1 saturated heterocycles. The van der Waals surface area contributed by atoms with Crippen LogP contribution in [0.5, 0.6) is 0 Å². The number of sulfonamides is 1. The molecule has 0 spiro atoms. The number of hydrogen-bond acceptors (Lipinski definition) is 5. The van der Waals surface area contributed by atoms with E-state index in [4.69, 9.17) is 4.74 Å². The summed E-state index contributed by atoms with van der Waals surface area (Å²) in [5.41, 5.74) is 1.13. The van der Waals surface area contributed by atoms with E-state index in [0.717, 1.165) is 36.1 Å². The van der Waals surface area contributed by atoms with Gasteiger partial charge in [-0.3, -0.25) is 4.79 Å². The van der Waals surface area contributed by atoms with Gasteiger partial charge in [-0.1, -0.05) is 36.8 Å². The maximum Gasteiger partial charge on any atom is 0.252 e. The lowest BCUT2D eigenvalue weighted by Crippen LogP contribution is -2.35. The standard InChI is InChI=1S/C22H30N2O4S2/c1-18(19-9-4-2-5-10-19)28-16-8-13-23-21(25)17-20-11-12-22(29-20)30(26,27)24-14-6-3-7-15-24/h2,4-5,9-12,18H,3,6-8,13-17H2,1H3,(H,23,25). The summed E-state index contributed by atoms with van der Waals surface area (Å²) in [6.45, 7) is 4.28. The molecule has 1 aromatic heterocycles. The van der Waals surface area contributed by atoms with Crippen molar-refractivity contribution >= 4 is 27.3 Å². The maximum atomic E-state index is 12.7. The zero-order chi connectivity index (χ0) is 21.4. The number of carbonyl (C=O) groups is 1. The maximum absolute atomic E-state index is 12.7. The highest BCUT2D eigenvalue weighted by atomic mass is 32.2. The van der Waals surface area contributed by atoms with E-state index >= 15 is 0 Å². The van der Waals surface area contributed by atoms with Crippen molar-refractivity contribution < 1.29 is 17.9 Å². The molecule has 1 aromatic carbocycles. The van der Waals surface area contributed by atoms with E-state index in [9.17, 15) is 13.2 Å². The Hall–Kier alpha value is -1.74. The zero-order valence-corrected chi connectivity index (χ0v) is 19.0. The second-order valence-electron chi connectivity index (χ2n) is 7.49. The number of ether oxygens (including phenoxy) is 1. The molecule has 0 aliphatic carbocycles. The smallest absolute Gasteiger partial charge is 0.252 e. The SMILES string of the molecule is CC(OCCCNC(=O)Cc1ccc(S(=O)(=O)N2CCCCC2)s1)c1ccccc1. The Morgan fingerprint density at radius 1 is 1.13 bits per heavy atom. The first kappa shape index (κ1) is 22.9. The summed E-state index contributed by atoms with van der Waals surface area (Å²) in [5.74, 6) is -0.102. The molecule has 164 valence electrons. The Balaban J connectivity index is 1.38. The van der Waals surface area contributed by atoms with Crippen molar-refractivity contribution in [1.82, 2.24) is 9.62 Å². The lowest BCUT2D eigenvalue weighted by molar-refractivity contribution is -0.120. The fourth-order valence-electron chi connectivity index (χ4n) is 3.43. The monoisotopic (exact) mass is 450 g/mol. The van der Waals surface area contributed by atoms with Gasteiger partial charge < -0.3 is 10.1 Å². The molecule has 1 aliphatic rings. The summed E-state index contributed by atoms with van der Waals surface area (Å²) in [5, 5.41) is 2.88. The van der Waals surface area contributed by atoms with Gasteiger partial charge in [0.15, 0.2) is 0 Å². The van der Waals surface area contributed by atoms with Crippen LogP contribution in [0.1, 0.15) is 49.2 Å². The number of nitrogens with zero attached hydrogens (tertiary/aromatic N) is 1. The first-order valence-corrected chi connectivity index (χ1v) is 12.7. The molecule has 0 saturated carbocycles. The highest BCUT2D eigenvalue weighted by molar-refractivity contribution is 7.91. The van der Waals surface area contributed by atoms with Gasteiger partial charge in [-0.25, -0.2) is 8.42 Å². The molecule has 2 heterocycles. The van der Waals surface area contributed by atoms with Gasteiger partial charge in [-0.2, -0.15) is 4.31 Å². The van der Waals surface area contributed by atoms with Crippen molar-refractivity contribution in [1.29, 1.82) is 0 Å². The highest BCUT2D eigenvalue weighted by Crippen LogP contribution is 2.27. The second kappa shape index (κ2) is 11.0. The first-order valence-electron chi connectivity index (χ1n) is 10.5. The van der Waals surface area contributed by atoms with Crippen LogP contribution < -0.4 is 5.32 Å². The van der Waals surface area contributed by atoms with E-state index in [0.29, 0.717) is 30.5 Å². The van der Waals surface area contributed by atoms with Gasteiger partial charge in [-0.15, -0.1) is 11.3 Å². The lowest BCUT2D eigenvalue weighted by Gasteiger charge is -2.25. The zero-order valence-electron chi connectivity index (χ0n) is 17.4. The molecule has 2 aromatic rings. The lowest BCUT2D eigenvalue weighted by atomic mass is 10.1. The Morgan fingerprint density at radius 2 is 1.87 bits per heavy atom. The first-order chi connectivity index (χ1) is 14.5. The predicted octanol–water partition coefficient (Wildman–Crippen LogP) is 3.75. The minimum atomic E-state index is -3.43. The third-order valence-electron chi connectivity index (χ3n) is 5.16. The number of nitrogens with one attached hydrogen (secondary N) is 1. The van der Waals surface area contributed by atoms with Crippen LogP contribution in [0.25, 0.3) is 0 Å². The largest absolute Gasteiger partial charge is 0.374 e. The van der Waals surface area contributed by atoms with Crippen molar-refractivity contribution in [3.8, 4) is 0 Å². The number of carbonyl (C=O) groups excluding carboxylic acids is 1. The summed E-state index contributed by atoms with van der Waals surface area (Å²) >= 11 is 1.19. The summed E-state index contributed by atoms with van der Waals surface area (Å²) in [6, 6.07) is 13.4. The quantitative estimate of drug-likeness (QED) is 0.560. The molecule has 0 radical (unpaired) electrons. The molecule has 1 amide bonds. The van der Waals surface area contributed by atoms with E-state index < -0.39 is 10.0 Å². The summed E-state index contributed by atoms with van der Waals surface area (Å²) in [4.78, 5) is 12.9. The number of piperidine rings is 1. The van der Waals surface area contributed by atoms with Crippen molar-refractivity contribution in [2.24, 2.45) is 0 Å². The van der Waals surface area contributed by atoms with E-state index in [1.807, 2.05) is 37.3 Å². The van der Waals surface area contributed by atoms with E-state index in [2.05, 4.69) is 5.32 Å². The molecule has 1 unspecified atom stereocenters. The van der Waals surface area contributed by atoms with Crippen LogP contribution in [-0.4, -0.2) is 44.9 Å². The molecule has 3 rings (SSSR count). The van der Waals surface area contributed by atoms with Gasteiger partial charge in [0.2, 0.25) is 5.91 Å². The molecule has 1 fully saturated rings. The highest BCUT2D eigenvalue weighted by Gasteiger charge is 2.27. The number of thiophene rings is 1. The van der Waals surface area contributed by atoms with E-state index in [1.165, 1.54) is 11.3 Å². The van der Waals surface area contributed by atoms with Crippen LogP contribution in [0.15, 0.2) is 46.7 Å². The molecule has 30 heavy (non-hydrogen) atoms. The summed E-state index contributed by atoms with van der Waals surface area (Å²) in [6.07, 6.45) is 3.84. The number of benzene rings is 1. The third-order valence-corrected chi connectivity index (χ3v) is 8.61. The molecule has 6 nitrogen and oxygen atoms in total. The number of hydrogen-bond donors (Lipinski definition) is 1. The van der Waals surface area contributed by atoms with Crippen LogP contribution in [0.2, 0.25) is 0 Å². The van der Waals surface area contributed by atoms with Crippen LogP contribution in [0, 0.1) is 0 Å². The van der Waals surface area contributed by atoms with Crippen LogP contribution in [0.4, 0.5) is 0 Å². The summed E-state index contributed by atoms with van der Waals surface area (Å²) < 4.78 is 33.1. The average molecular weight is 451 g/mol. The Labute approximate surface area is 183 Å². The summed E-state index contributed by atoms with van der Waals surface area (Å²) in [7, 11) is -3.43. The molecule has 1 aliphatic heterocycles. The predicted molar refractivity (Wildman–Crippen MR) is 119 cm³/mol. The van der Waals surface area contributed by atoms with Gasteiger partial charge >= 0.3 is 0 Å². The fraction of sp³-hybridized carbons (Fsp3) is 0.500. The van der Waals surface area contributed by atoms with Crippen molar-refractivity contribution in [3.05, 3.63) is 52.9 Å². The third kappa shape index (κ3) is 6.38. The molecule has 0 bridgehead atoms. The van der Waals surface area contributed by atoms with Crippen molar-refractivity contribution in [2.75, 3.05) is 26.2 Å². The number of amides is 1. The molecular weight excluding hydrogens is 420 g/mol. The topological polar surface area (TPSA) is 75.7 Å². The van der Waals surface area contributed by atoms with E-state index in [-0.39, 0.29) is 18.4 Å². The van der Waals surface area contributed by atoms with Crippen LogP contribution in [-0.2, 0) is 26.0 Å². The van der Waals surface area contributed by atoms with Crippen molar-refractivity contribution in [3.63, 3.8) is 0 Å². The Kier molecular flexibility index (Phi) is 8.44. The van der Waals surface area contributed by atoms with Crippen LogP contribution in [0.3, 0.4) is 0 Å². The van der Waals surface area contributed by atoms with Gasteiger partial charge in [0.05, 0.1) is 12.5 Å². The minimum Gasteiger partial charge on any atom is -0.374 e. The molecule has 1 N–H and O–H groups in total. The Morgan fingerprint density at radius 3 is 2.60 bits per heavy atom. The van der Waals surface area contributed by atoms with Gasteiger partial charge in [0.1, 0.15) is 4.21 Å². The fourth-order valence-corrected chi connectivity index (χ4v) is 6.45. The van der Waals surface area contributed by atoms with Crippen LogP contribution >= 0.6 is 11.3 Å². The second-order valence-corrected chi connectivity index (χ2v) is 10.8. The number of rotatable bonds is 10. The average Bonchev–Trinajstić information content (AvgIpc) is 3.24. The van der Waals surface area contributed by atoms with Crippen molar-refractivity contribution in [2.45, 2.75) is 49.3 Å². The van der Waals surface area contributed by atoms with Gasteiger partial charge in [0, 0.05) is 31.1 Å². The molecular formula is C22H30N2O4S2. The normalized spacial score (nSPS) is 16.3. The van der Waals surface area contributed by atoms with Gasteiger partial charge in [0.25, 0.3) is 10.0 Å². The van der Waals surface area contributed by atoms with Gasteiger partial charge in [-0.05, 0) is 43.9 Å². The molecule has 1 atom stereocenters. The minimum absolute atomic E-state index is 0.0216. The molecule has 8 heteroatoms.